The maximum Gasteiger partial charge on any atom is 0.338 e. The fraction of sp³-hybridized carbons (Fsp3) is 0.263. The largest absolute Gasteiger partial charge is 0.490 e. The number of nitrogens with one attached hydrogen (secondary N) is 1. The molecule has 0 atom stereocenters. The zero-order valence-corrected chi connectivity index (χ0v) is 15.1. The van der Waals surface area contributed by atoms with Gasteiger partial charge in [-0.25, -0.2) is 4.79 Å². The summed E-state index contributed by atoms with van der Waals surface area (Å²) in [6.45, 7) is 2.37. The van der Waals surface area contributed by atoms with Gasteiger partial charge in [0.05, 0.1) is 24.2 Å². The summed E-state index contributed by atoms with van der Waals surface area (Å²) in [5, 5.41) is 13.7. The Hall–Kier alpha value is -3.42. The minimum Gasteiger partial charge on any atom is -0.490 e. The molecule has 0 fully saturated rings. The van der Waals surface area contributed by atoms with Gasteiger partial charge in [0.15, 0.2) is 5.75 Å². The smallest absolute Gasteiger partial charge is 0.338 e. The summed E-state index contributed by atoms with van der Waals surface area (Å²) in [4.78, 5) is 34.6. The van der Waals surface area contributed by atoms with E-state index in [0.717, 1.165) is 18.9 Å². The van der Waals surface area contributed by atoms with Crippen LogP contribution in [0.5, 0.6) is 5.75 Å². The number of anilines is 1. The predicted octanol–water partition coefficient (Wildman–Crippen LogP) is 3.81. The molecule has 0 unspecified atom stereocenters. The van der Waals surface area contributed by atoms with Crippen molar-refractivity contribution < 1.29 is 24.0 Å². The number of amides is 1. The summed E-state index contributed by atoms with van der Waals surface area (Å²) in [6, 6.07) is 10.1. The highest BCUT2D eigenvalue weighted by Gasteiger charge is 2.18. The monoisotopic (exact) mass is 372 g/mol. The van der Waals surface area contributed by atoms with Crippen LogP contribution in [-0.2, 0) is 4.74 Å². The number of nitro benzene ring substituents is 1. The van der Waals surface area contributed by atoms with Crippen LogP contribution in [0.3, 0.4) is 0 Å². The lowest BCUT2D eigenvalue weighted by Gasteiger charge is -2.08. The molecular weight excluding hydrogens is 352 g/mol. The maximum atomic E-state index is 12.3. The minimum absolute atomic E-state index is 0.0717. The summed E-state index contributed by atoms with van der Waals surface area (Å²) >= 11 is 0. The van der Waals surface area contributed by atoms with Crippen molar-refractivity contribution in [1.29, 1.82) is 0 Å². The van der Waals surface area contributed by atoms with E-state index < -0.39 is 16.8 Å². The third-order valence-electron chi connectivity index (χ3n) is 3.75. The quantitative estimate of drug-likeness (QED) is 0.327. The molecule has 0 saturated heterocycles. The van der Waals surface area contributed by atoms with Crippen LogP contribution in [0.2, 0.25) is 0 Å². The van der Waals surface area contributed by atoms with Crippen LogP contribution in [0.1, 0.15) is 40.5 Å². The van der Waals surface area contributed by atoms with Gasteiger partial charge in [-0.3, -0.25) is 14.9 Å². The second kappa shape index (κ2) is 9.33. The van der Waals surface area contributed by atoms with E-state index in [9.17, 15) is 19.7 Å². The standard InChI is InChI=1S/C19H20N2O6/c1-3-4-11-27-19(23)13-5-8-15(9-6-13)20-18(22)14-7-10-17(26-2)16(12-14)21(24)25/h5-10,12H,3-4,11H2,1-2H3,(H,20,22). The number of nitrogens with zero attached hydrogens (tertiary/aromatic N) is 1. The number of methoxy groups -OCH3 is 1. The Morgan fingerprint density at radius 2 is 1.78 bits per heavy atom. The van der Waals surface area contributed by atoms with Gasteiger partial charge >= 0.3 is 11.7 Å². The van der Waals surface area contributed by atoms with E-state index in [2.05, 4.69) is 5.32 Å². The van der Waals surface area contributed by atoms with Gasteiger partial charge in [0, 0.05) is 17.3 Å². The van der Waals surface area contributed by atoms with E-state index in [1.54, 1.807) is 24.3 Å². The van der Waals surface area contributed by atoms with Gasteiger partial charge in [0.2, 0.25) is 0 Å². The maximum absolute atomic E-state index is 12.3. The molecule has 0 spiro atoms. The molecule has 0 aliphatic heterocycles. The van der Waals surface area contributed by atoms with Crippen molar-refractivity contribution in [3.05, 3.63) is 63.7 Å². The Labute approximate surface area is 156 Å². The van der Waals surface area contributed by atoms with Gasteiger partial charge in [-0.05, 0) is 42.8 Å². The third-order valence-corrected chi connectivity index (χ3v) is 3.75. The van der Waals surface area contributed by atoms with Crippen LogP contribution in [0.4, 0.5) is 11.4 Å². The van der Waals surface area contributed by atoms with Crippen molar-refractivity contribution in [2.45, 2.75) is 19.8 Å². The lowest BCUT2D eigenvalue weighted by molar-refractivity contribution is -0.385. The molecule has 0 saturated carbocycles. The van der Waals surface area contributed by atoms with Crippen LogP contribution < -0.4 is 10.1 Å². The number of rotatable bonds is 8. The second-order valence-corrected chi connectivity index (χ2v) is 5.66. The van der Waals surface area contributed by atoms with Gasteiger partial charge < -0.3 is 14.8 Å². The van der Waals surface area contributed by atoms with Crippen molar-refractivity contribution >= 4 is 23.3 Å². The normalized spacial score (nSPS) is 10.1. The SMILES string of the molecule is CCCCOC(=O)c1ccc(NC(=O)c2ccc(OC)c([N+](=O)[O-])c2)cc1. The van der Waals surface area contributed by atoms with Crippen LogP contribution in [0.15, 0.2) is 42.5 Å². The van der Waals surface area contributed by atoms with Crippen LogP contribution in [0, 0.1) is 10.1 Å². The Morgan fingerprint density at radius 1 is 1.11 bits per heavy atom. The molecule has 27 heavy (non-hydrogen) atoms. The molecule has 0 aromatic heterocycles. The van der Waals surface area contributed by atoms with E-state index in [-0.39, 0.29) is 17.0 Å². The highest BCUT2D eigenvalue weighted by atomic mass is 16.6. The second-order valence-electron chi connectivity index (χ2n) is 5.66. The Balaban J connectivity index is 2.06. The van der Waals surface area contributed by atoms with E-state index in [0.29, 0.717) is 17.9 Å². The molecule has 0 aliphatic rings. The molecular formula is C19H20N2O6. The number of hydrogen-bond acceptors (Lipinski definition) is 6. The Bertz CT molecular complexity index is 833. The van der Waals surface area contributed by atoms with Gasteiger partial charge in [-0.15, -0.1) is 0 Å². The fourth-order valence-electron chi connectivity index (χ4n) is 2.26. The molecule has 8 heteroatoms. The average Bonchev–Trinajstić information content (AvgIpc) is 2.68. The number of hydrogen-bond donors (Lipinski definition) is 1. The van der Waals surface area contributed by atoms with Gasteiger partial charge in [-0.2, -0.15) is 0 Å². The lowest BCUT2D eigenvalue weighted by atomic mass is 10.1. The topological polar surface area (TPSA) is 108 Å². The predicted molar refractivity (Wildman–Crippen MR) is 99.2 cm³/mol. The molecule has 142 valence electrons. The Morgan fingerprint density at radius 3 is 2.37 bits per heavy atom. The van der Waals surface area contributed by atoms with Crippen molar-refractivity contribution in [3.8, 4) is 5.75 Å². The molecule has 0 radical (unpaired) electrons. The average molecular weight is 372 g/mol. The first-order chi connectivity index (χ1) is 13.0. The molecule has 0 heterocycles. The van der Waals surface area contributed by atoms with Crippen molar-refractivity contribution in [2.24, 2.45) is 0 Å². The zero-order chi connectivity index (χ0) is 19.8. The first-order valence-corrected chi connectivity index (χ1v) is 8.37. The van der Waals surface area contributed by atoms with E-state index in [1.807, 2.05) is 6.92 Å². The summed E-state index contributed by atoms with van der Waals surface area (Å²) in [5.74, 6) is -0.867. The fourth-order valence-corrected chi connectivity index (χ4v) is 2.26. The zero-order valence-electron chi connectivity index (χ0n) is 15.1. The molecule has 8 nitrogen and oxygen atoms in total. The molecule has 0 aliphatic carbocycles. The number of nitro groups is 1. The molecule has 1 amide bonds. The lowest BCUT2D eigenvalue weighted by Crippen LogP contribution is -2.13. The summed E-state index contributed by atoms with van der Waals surface area (Å²) in [5.41, 5.74) is 0.647. The molecule has 2 aromatic rings. The van der Waals surface area contributed by atoms with Gasteiger partial charge in [0.25, 0.3) is 5.91 Å². The molecule has 2 aromatic carbocycles. The van der Waals surface area contributed by atoms with Crippen molar-refractivity contribution in [3.63, 3.8) is 0 Å². The van der Waals surface area contributed by atoms with Crippen LogP contribution >= 0.6 is 0 Å². The number of ether oxygens (including phenoxy) is 2. The van der Waals surface area contributed by atoms with Crippen LogP contribution in [0.25, 0.3) is 0 Å². The number of unbranched alkanes of at least 4 members (excludes halogenated alkanes) is 1. The van der Waals surface area contributed by atoms with Crippen LogP contribution in [-0.4, -0.2) is 30.5 Å². The minimum atomic E-state index is -0.617. The van der Waals surface area contributed by atoms with E-state index >= 15 is 0 Å². The first kappa shape index (κ1) is 19.9. The third kappa shape index (κ3) is 5.27. The van der Waals surface area contributed by atoms with E-state index in [1.165, 1.54) is 19.2 Å². The first-order valence-electron chi connectivity index (χ1n) is 8.37. The highest BCUT2D eigenvalue weighted by Crippen LogP contribution is 2.27. The van der Waals surface area contributed by atoms with E-state index in [4.69, 9.17) is 9.47 Å². The summed E-state index contributed by atoms with van der Waals surface area (Å²) in [7, 11) is 1.32. The number of benzene rings is 2. The number of carbonyl (C=O) groups is 2. The summed E-state index contributed by atoms with van der Waals surface area (Å²) in [6.07, 6.45) is 1.73. The molecule has 2 rings (SSSR count). The molecule has 1 N–H and O–H groups in total. The number of carbonyl (C=O) groups excluding carboxylic acids is 2. The highest BCUT2D eigenvalue weighted by molar-refractivity contribution is 6.05. The molecule has 0 bridgehead atoms. The summed E-state index contributed by atoms with van der Waals surface area (Å²) < 4.78 is 10.0. The van der Waals surface area contributed by atoms with Crippen molar-refractivity contribution in [1.82, 2.24) is 0 Å². The van der Waals surface area contributed by atoms with Gasteiger partial charge in [0.1, 0.15) is 0 Å². The number of esters is 1. The Kier molecular flexibility index (Phi) is 6.87. The van der Waals surface area contributed by atoms with Gasteiger partial charge in [-0.1, -0.05) is 13.3 Å². The van der Waals surface area contributed by atoms with Crippen molar-refractivity contribution in [2.75, 3.05) is 19.0 Å².